The number of fused-ring (bicyclic) bond motifs is 1. The number of aromatic hydroxyl groups is 1. The summed E-state index contributed by atoms with van der Waals surface area (Å²) in [5, 5.41) is 12.6. The average Bonchev–Trinajstić information content (AvgIpc) is 3.06. The highest BCUT2D eigenvalue weighted by molar-refractivity contribution is 5.94. The van der Waals surface area contributed by atoms with E-state index in [9.17, 15) is 14.3 Å². The van der Waals surface area contributed by atoms with E-state index in [0.29, 0.717) is 22.9 Å². The number of anilines is 1. The number of ether oxygens (including phenoxy) is 1. The van der Waals surface area contributed by atoms with E-state index >= 15 is 0 Å². The summed E-state index contributed by atoms with van der Waals surface area (Å²) in [5.41, 5.74) is 2.23. The van der Waals surface area contributed by atoms with Crippen LogP contribution in [0.2, 0.25) is 0 Å². The maximum atomic E-state index is 13.2. The second-order valence-electron chi connectivity index (χ2n) is 6.06. The van der Waals surface area contributed by atoms with Gasteiger partial charge in [-0.2, -0.15) is 0 Å². The van der Waals surface area contributed by atoms with Crippen molar-refractivity contribution < 1.29 is 19.0 Å². The smallest absolute Gasteiger partial charge is 0.226 e. The van der Waals surface area contributed by atoms with Crippen molar-refractivity contribution in [2.45, 2.75) is 12.3 Å². The fourth-order valence-electron chi connectivity index (χ4n) is 3.19. The molecular weight excluding hydrogens is 337 g/mol. The molecule has 0 radical (unpaired) electrons. The van der Waals surface area contributed by atoms with Crippen LogP contribution in [0.1, 0.15) is 23.6 Å². The van der Waals surface area contributed by atoms with Crippen LogP contribution >= 0.6 is 0 Å². The van der Waals surface area contributed by atoms with Gasteiger partial charge in [0.1, 0.15) is 18.0 Å². The normalized spacial score (nSPS) is 16.1. The van der Waals surface area contributed by atoms with Crippen molar-refractivity contribution in [1.82, 2.24) is 9.55 Å². The number of halogens is 1. The molecular formula is C19H16FN3O3. The van der Waals surface area contributed by atoms with Gasteiger partial charge in [-0.05, 0) is 42.0 Å². The number of imidazole rings is 1. The van der Waals surface area contributed by atoms with Gasteiger partial charge >= 0.3 is 0 Å². The molecule has 26 heavy (non-hydrogen) atoms. The first-order valence-corrected chi connectivity index (χ1v) is 8.06. The molecule has 0 saturated heterocycles. The van der Waals surface area contributed by atoms with Gasteiger partial charge in [-0.15, -0.1) is 0 Å². The van der Waals surface area contributed by atoms with Crippen molar-refractivity contribution in [3.63, 3.8) is 0 Å². The molecule has 0 fully saturated rings. The number of nitrogens with zero attached hydrogens (tertiary/aromatic N) is 2. The molecule has 2 N–H and O–H groups in total. The zero-order chi connectivity index (χ0) is 18.3. The van der Waals surface area contributed by atoms with Crippen LogP contribution in [0, 0.1) is 5.82 Å². The number of carbonyl (C=O) groups is 1. The van der Waals surface area contributed by atoms with E-state index in [0.717, 1.165) is 5.56 Å². The zero-order valence-electron chi connectivity index (χ0n) is 13.9. The fourth-order valence-corrected chi connectivity index (χ4v) is 3.19. The monoisotopic (exact) mass is 353 g/mol. The number of aromatic nitrogens is 2. The van der Waals surface area contributed by atoms with Crippen LogP contribution in [0.4, 0.5) is 10.2 Å². The van der Waals surface area contributed by atoms with E-state index in [1.54, 1.807) is 35.2 Å². The van der Waals surface area contributed by atoms with Gasteiger partial charge in [0.05, 0.1) is 12.8 Å². The maximum absolute atomic E-state index is 13.2. The fraction of sp³-hybridized carbons (Fsp3) is 0.158. The molecule has 132 valence electrons. The van der Waals surface area contributed by atoms with Crippen LogP contribution in [0.25, 0.3) is 5.69 Å². The predicted molar refractivity (Wildman–Crippen MR) is 93.3 cm³/mol. The molecule has 6 nitrogen and oxygen atoms in total. The SMILES string of the molecule is COc1cc(C2CC(=O)Nc3c2ncn3-c2ccc(F)cc2)ccc1O. The minimum Gasteiger partial charge on any atom is -0.504 e. The number of phenolic OH excluding ortho intramolecular Hbond substituents is 1. The zero-order valence-corrected chi connectivity index (χ0v) is 13.9. The summed E-state index contributed by atoms with van der Waals surface area (Å²) in [6.07, 6.45) is 1.84. The molecule has 1 aromatic heterocycles. The summed E-state index contributed by atoms with van der Waals surface area (Å²) < 4.78 is 20.1. The highest BCUT2D eigenvalue weighted by atomic mass is 19.1. The van der Waals surface area contributed by atoms with Crippen LogP contribution in [0.5, 0.6) is 11.5 Å². The molecule has 3 aromatic rings. The van der Waals surface area contributed by atoms with Gasteiger partial charge in [-0.25, -0.2) is 9.37 Å². The van der Waals surface area contributed by atoms with Crippen molar-refractivity contribution in [3.05, 3.63) is 65.9 Å². The Balaban J connectivity index is 1.80. The van der Waals surface area contributed by atoms with Gasteiger partial charge in [0, 0.05) is 18.0 Å². The predicted octanol–water partition coefficient (Wildman–Crippen LogP) is 3.20. The average molecular weight is 353 g/mol. The molecule has 0 spiro atoms. The molecule has 1 amide bonds. The third kappa shape index (κ3) is 2.67. The van der Waals surface area contributed by atoms with E-state index in [-0.39, 0.29) is 29.8 Å². The standard InChI is InChI=1S/C19H16FN3O3/c1-26-16-8-11(2-7-15(16)24)14-9-17(25)22-19-18(14)21-10-23(19)13-5-3-12(20)4-6-13/h2-8,10,14,24H,9H2,1H3,(H,22,25). The third-order valence-electron chi connectivity index (χ3n) is 4.48. The van der Waals surface area contributed by atoms with E-state index in [2.05, 4.69) is 10.3 Å². The van der Waals surface area contributed by atoms with Crippen LogP contribution in [-0.2, 0) is 4.79 Å². The summed E-state index contributed by atoms with van der Waals surface area (Å²) in [4.78, 5) is 16.8. The number of phenols is 1. The van der Waals surface area contributed by atoms with Gasteiger partial charge in [-0.3, -0.25) is 9.36 Å². The third-order valence-corrected chi connectivity index (χ3v) is 4.48. The first kappa shape index (κ1) is 16.1. The highest BCUT2D eigenvalue weighted by Crippen LogP contribution is 2.39. The largest absolute Gasteiger partial charge is 0.504 e. The van der Waals surface area contributed by atoms with Gasteiger partial charge in [-0.1, -0.05) is 6.07 Å². The molecule has 1 atom stereocenters. The van der Waals surface area contributed by atoms with Crippen molar-refractivity contribution >= 4 is 11.7 Å². The van der Waals surface area contributed by atoms with Crippen molar-refractivity contribution in [3.8, 4) is 17.2 Å². The summed E-state index contributed by atoms with van der Waals surface area (Å²) >= 11 is 0. The molecule has 0 aliphatic carbocycles. The first-order chi connectivity index (χ1) is 12.6. The number of hydrogen-bond donors (Lipinski definition) is 2. The lowest BCUT2D eigenvalue weighted by molar-refractivity contribution is -0.116. The Bertz CT molecular complexity index is 982. The molecule has 2 heterocycles. The number of nitrogens with one attached hydrogen (secondary N) is 1. The Morgan fingerprint density at radius 3 is 2.77 bits per heavy atom. The maximum Gasteiger partial charge on any atom is 0.226 e. The lowest BCUT2D eigenvalue weighted by Gasteiger charge is -2.23. The molecule has 7 heteroatoms. The van der Waals surface area contributed by atoms with Crippen LogP contribution < -0.4 is 10.1 Å². The second-order valence-corrected chi connectivity index (χ2v) is 6.06. The lowest BCUT2D eigenvalue weighted by atomic mass is 9.89. The van der Waals surface area contributed by atoms with Crippen molar-refractivity contribution in [2.24, 2.45) is 0 Å². The van der Waals surface area contributed by atoms with Gasteiger partial charge in [0.2, 0.25) is 5.91 Å². The Hall–Kier alpha value is -3.35. The van der Waals surface area contributed by atoms with E-state index in [1.807, 2.05) is 0 Å². The van der Waals surface area contributed by atoms with Crippen molar-refractivity contribution in [1.29, 1.82) is 0 Å². The van der Waals surface area contributed by atoms with Gasteiger partial charge in [0.25, 0.3) is 0 Å². The Kier molecular flexibility index (Phi) is 3.84. The highest BCUT2D eigenvalue weighted by Gasteiger charge is 2.31. The second kappa shape index (κ2) is 6.18. The number of rotatable bonds is 3. The van der Waals surface area contributed by atoms with E-state index in [1.165, 1.54) is 25.3 Å². The Morgan fingerprint density at radius 2 is 2.04 bits per heavy atom. The minimum atomic E-state index is -0.333. The molecule has 0 saturated carbocycles. The molecule has 1 unspecified atom stereocenters. The van der Waals surface area contributed by atoms with Gasteiger partial charge < -0.3 is 15.2 Å². The Labute approximate surface area is 148 Å². The van der Waals surface area contributed by atoms with Crippen LogP contribution in [0.15, 0.2) is 48.8 Å². The first-order valence-electron chi connectivity index (χ1n) is 8.06. The number of benzene rings is 2. The molecule has 0 bridgehead atoms. The Morgan fingerprint density at radius 1 is 1.27 bits per heavy atom. The number of hydrogen-bond acceptors (Lipinski definition) is 4. The van der Waals surface area contributed by atoms with Gasteiger partial charge in [0.15, 0.2) is 11.5 Å². The van der Waals surface area contributed by atoms with E-state index < -0.39 is 0 Å². The van der Waals surface area contributed by atoms with Crippen LogP contribution in [-0.4, -0.2) is 27.7 Å². The minimum absolute atomic E-state index is 0.0357. The number of amides is 1. The summed E-state index contributed by atoms with van der Waals surface area (Å²) in [6.45, 7) is 0. The number of carbonyl (C=O) groups excluding carboxylic acids is 1. The molecule has 1 aliphatic heterocycles. The van der Waals surface area contributed by atoms with E-state index in [4.69, 9.17) is 4.74 Å². The quantitative estimate of drug-likeness (QED) is 0.758. The topological polar surface area (TPSA) is 76.4 Å². The van der Waals surface area contributed by atoms with Crippen LogP contribution in [0.3, 0.4) is 0 Å². The summed E-state index contributed by atoms with van der Waals surface area (Å²) in [6, 6.07) is 11.0. The molecule has 4 rings (SSSR count). The molecule has 2 aromatic carbocycles. The summed E-state index contributed by atoms with van der Waals surface area (Å²) in [5.74, 6) is 0.195. The molecule has 1 aliphatic rings. The summed E-state index contributed by atoms with van der Waals surface area (Å²) in [7, 11) is 1.47. The number of methoxy groups -OCH3 is 1. The lowest BCUT2D eigenvalue weighted by Crippen LogP contribution is -2.24. The van der Waals surface area contributed by atoms with Crippen molar-refractivity contribution in [2.75, 3.05) is 12.4 Å².